The number of nitrogens with one attached hydrogen (secondary N) is 1. The van der Waals surface area contributed by atoms with Crippen molar-refractivity contribution in [2.75, 3.05) is 39.3 Å². The standard InChI is InChI=1S/C27H33N3O7/c1-5-35-27(33)23-17(3)30-19-8-6-9-21(24(19)25(23)28)37-15-16(2)29-26(32)18-10-11-20(34-4)22(14-18)36-13-7-12-31/h6,8-11,14,16,31H,5,7,12-13,15H2,1-4H3,(H2,28,30)(H,29,32). The molecule has 2 aromatic carbocycles. The van der Waals surface area contributed by atoms with Crippen molar-refractivity contribution in [2.45, 2.75) is 33.2 Å². The molecule has 37 heavy (non-hydrogen) atoms. The maximum atomic E-state index is 12.8. The van der Waals surface area contributed by atoms with Crippen molar-refractivity contribution in [3.05, 3.63) is 53.2 Å². The molecule has 0 bridgehead atoms. The summed E-state index contributed by atoms with van der Waals surface area (Å²) < 4.78 is 22.1. The van der Waals surface area contributed by atoms with Gasteiger partial charge < -0.3 is 35.1 Å². The third kappa shape index (κ3) is 6.59. The number of nitrogen functional groups attached to an aromatic ring is 1. The van der Waals surface area contributed by atoms with Crippen molar-refractivity contribution < 1.29 is 33.6 Å². The van der Waals surface area contributed by atoms with E-state index < -0.39 is 5.97 Å². The molecule has 0 spiro atoms. The monoisotopic (exact) mass is 511 g/mol. The number of aromatic nitrogens is 1. The van der Waals surface area contributed by atoms with E-state index in [1.165, 1.54) is 7.11 Å². The first-order chi connectivity index (χ1) is 17.8. The molecule has 3 aromatic rings. The van der Waals surface area contributed by atoms with Gasteiger partial charge in [0.05, 0.1) is 48.6 Å². The molecule has 198 valence electrons. The third-order valence-corrected chi connectivity index (χ3v) is 5.52. The molecule has 0 fully saturated rings. The summed E-state index contributed by atoms with van der Waals surface area (Å²) in [4.78, 5) is 29.8. The van der Waals surface area contributed by atoms with E-state index >= 15 is 0 Å². The fourth-order valence-corrected chi connectivity index (χ4v) is 3.76. The Morgan fingerprint density at radius 1 is 1.14 bits per heavy atom. The molecule has 0 aliphatic rings. The molecular weight excluding hydrogens is 478 g/mol. The summed E-state index contributed by atoms with van der Waals surface area (Å²) in [7, 11) is 1.51. The lowest BCUT2D eigenvalue weighted by atomic mass is 10.1. The van der Waals surface area contributed by atoms with Crippen LogP contribution in [-0.4, -0.2) is 61.5 Å². The van der Waals surface area contributed by atoms with E-state index in [4.69, 9.17) is 29.8 Å². The molecule has 0 radical (unpaired) electrons. The topological polar surface area (TPSA) is 142 Å². The molecule has 0 aliphatic carbocycles. The van der Waals surface area contributed by atoms with Crippen LogP contribution in [0.3, 0.4) is 0 Å². The molecule has 1 heterocycles. The number of amides is 1. The van der Waals surface area contributed by atoms with E-state index in [9.17, 15) is 9.59 Å². The van der Waals surface area contributed by atoms with Crippen LogP contribution in [0.1, 0.15) is 46.7 Å². The molecule has 3 rings (SSSR count). The largest absolute Gasteiger partial charge is 0.493 e. The van der Waals surface area contributed by atoms with Gasteiger partial charge in [-0.15, -0.1) is 0 Å². The Morgan fingerprint density at radius 2 is 1.92 bits per heavy atom. The highest BCUT2D eigenvalue weighted by Crippen LogP contribution is 2.34. The van der Waals surface area contributed by atoms with E-state index in [0.717, 1.165) is 0 Å². The number of aliphatic hydroxyl groups excluding tert-OH is 1. The zero-order valence-corrected chi connectivity index (χ0v) is 21.5. The number of aliphatic hydroxyl groups is 1. The number of anilines is 1. The molecule has 0 aliphatic heterocycles. The van der Waals surface area contributed by atoms with Crippen molar-refractivity contribution in [3.8, 4) is 17.2 Å². The Kier molecular flexibility index (Phi) is 9.51. The fraction of sp³-hybridized carbons (Fsp3) is 0.370. The van der Waals surface area contributed by atoms with Gasteiger partial charge in [-0.1, -0.05) is 6.07 Å². The van der Waals surface area contributed by atoms with E-state index in [1.807, 2.05) is 0 Å². The SMILES string of the molecule is CCOC(=O)c1c(C)nc2cccc(OCC(C)NC(=O)c3ccc(OC)c(OCCCO)c3)c2c1N. The van der Waals surface area contributed by atoms with Gasteiger partial charge in [0.15, 0.2) is 11.5 Å². The number of pyridine rings is 1. The van der Waals surface area contributed by atoms with Crippen molar-refractivity contribution in [1.29, 1.82) is 0 Å². The van der Waals surface area contributed by atoms with Crippen molar-refractivity contribution >= 4 is 28.5 Å². The Labute approximate surface area is 215 Å². The molecule has 0 saturated heterocycles. The van der Waals surface area contributed by atoms with Gasteiger partial charge >= 0.3 is 5.97 Å². The quantitative estimate of drug-likeness (QED) is 0.247. The van der Waals surface area contributed by atoms with Crippen LogP contribution < -0.4 is 25.3 Å². The normalized spacial score (nSPS) is 11.6. The van der Waals surface area contributed by atoms with Crippen LogP contribution in [0.4, 0.5) is 5.69 Å². The Hall–Kier alpha value is -4.05. The highest BCUT2D eigenvalue weighted by atomic mass is 16.5. The zero-order valence-electron chi connectivity index (χ0n) is 21.5. The Morgan fingerprint density at radius 3 is 2.62 bits per heavy atom. The summed E-state index contributed by atoms with van der Waals surface area (Å²) in [5.41, 5.74) is 8.27. The van der Waals surface area contributed by atoms with Crippen molar-refractivity contribution in [3.63, 3.8) is 0 Å². The summed E-state index contributed by atoms with van der Waals surface area (Å²) in [6.07, 6.45) is 0.461. The number of nitrogens with zero attached hydrogens (tertiary/aromatic N) is 1. The lowest BCUT2D eigenvalue weighted by Crippen LogP contribution is -2.36. The average Bonchev–Trinajstić information content (AvgIpc) is 2.87. The highest BCUT2D eigenvalue weighted by Gasteiger charge is 2.21. The first-order valence-electron chi connectivity index (χ1n) is 12.0. The molecule has 10 nitrogen and oxygen atoms in total. The first-order valence-corrected chi connectivity index (χ1v) is 12.0. The van der Waals surface area contributed by atoms with E-state index in [1.54, 1.807) is 57.2 Å². The minimum absolute atomic E-state index is 0.00215. The minimum atomic E-state index is -0.540. The zero-order chi connectivity index (χ0) is 26.9. The van der Waals surface area contributed by atoms with Crippen molar-refractivity contribution in [2.24, 2.45) is 0 Å². The molecule has 10 heteroatoms. The van der Waals surface area contributed by atoms with Crippen LogP contribution in [0.2, 0.25) is 0 Å². The lowest BCUT2D eigenvalue weighted by molar-refractivity contribution is 0.0526. The predicted octanol–water partition coefficient (Wildman–Crippen LogP) is 3.27. The number of methoxy groups -OCH3 is 1. The maximum absolute atomic E-state index is 12.8. The van der Waals surface area contributed by atoms with Gasteiger partial charge in [-0.25, -0.2) is 4.79 Å². The van der Waals surface area contributed by atoms with Crippen LogP contribution in [0.15, 0.2) is 36.4 Å². The van der Waals surface area contributed by atoms with Crippen LogP contribution in [0.25, 0.3) is 10.9 Å². The second kappa shape index (κ2) is 12.8. The number of carbonyl (C=O) groups is 2. The molecule has 4 N–H and O–H groups in total. The molecule has 1 aromatic heterocycles. The molecule has 0 saturated carbocycles. The number of esters is 1. The second-order valence-corrected chi connectivity index (χ2v) is 8.33. The molecular formula is C27H33N3O7. The number of benzene rings is 2. The van der Waals surface area contributed by atoms with Crippen molar-refractivity contribution in [1.82, 2.24) is 10.3 Å². The van der Waals surface area contributed by atoms with Crippen LogP contribution in [-0.2, 0) is 4.74 Å². The molecule has 1 amide bonds. The molecule has 1 atom stereocenters. The van der Waals surface area contributed by atoms with Crippen LogP contribution >= 0.6 is 0 Å². The van der Waals surface area contributed by atoms with Gasteiger partial charge in [-0.2, -0.15) is 0 Å². The van der Waals surface area contributed by atoms with Gasteiger partial charge in [-0.05, 0) is 51.1 Å². The van der Waals surface area contributed by atoms with Crippen LogP contribution in [0, 0.1) is 6.92 Å². The lowest BCUT2D eigenvalue weighted by Gasteiger charge is -2.18. The Bertz CT molecular complexity index is 1260. The summed E-state index contributed by atoms with van der Waals surface area (Å²) in [5, 5.41) is 12.4. The van der Waals surface area contributed by atoms with Gasteiger partial charge in [0.2, 0.25) is 0 Å². The maximum Gasteiger partial charge on any atom is 0.342 e. The van der Waals surface area contributed by atoms with E-state index in [0.29, 0.717) is 52.4 Å². The summed E-state index contributed by atoms with van der Waals surface area (Å²) >= 11 is 0. The number of rotatable bonds is 12. The second-order valence-electron chi connectivity index (χ2n) is 8.33. The number of ether oxygens (including phenoxy) is 4. The summed E-state index contributed by atoms with van der Waals surface area (Å²) in [6.45, 7) is 5.89. The highest BCUT2D eigenvalue weighted by molar-refractivity contribution is 6.07. The predicted molar refractivity (Wildman–Crippen MR) is 139 cm³/mol. The van der Waals surface area contributed by atoms with Crippen LogP contribution in [0.5, 0.6) is 17.2 Å². The first kappa shape index (κ1) is 27.5. The number of aryl methyl sites for hydroxylation is 1. The van der Waals surface area contributed by atoms with Gasteiger partial charge in [0.1, 0.15) is 17.9 Å². The van der Waals surface area contributed by atoms with Gasteiger partial charge in [0.25, 0.3) is 5.91 Å². The smallest absolute Gasteiger partial charge is 0.342 e. The number of hydrogen-bond donors (Lipinski definition) is 3. The average molecular weight is 512 g/mol. The summed E-state index contributed by atoms with van der Waals surface area (Å²) in [5.74, 6) is 0.495. The van der Waals surface area contributed by atoms with E-state index in [2.05, 4.69) is 10.3 Å². The molecule has 1 unspecified atom stereocenters. The number of fused-ring (bicyclic) bond motifs is 1. The third-order valence-electron chi connectivity index (χ3n) is 5.52. The number of hydrogen-bond acceptors (Lipinski definition) is 9. The fourth-order valence-electron chi connectivity index (χ4n) is 3.76. The van der Waals surface area contributed by atoms with Gasteiger partial charge in [-0.3, -0.25) is 9.78 Å². The van der Waals surface area contributed by atoms with Gasteiger partial charge in [0, 0.05) is 18.6 Å². The minimum Gasteiger partial charge on any atom is -0.493 e. The number of carbonyl (C=O) groups excluding carboxylic acids is 2. The number of nitrogens with two attached hydrogens (primary N) is 1. The Balaban J connectivity index is 1.74. The van der Waals surface area contributed by atoms with E-state index in [-0.39, 0.29) is 43.0 Å². The summed E-state index contributed by atoms with van der Waals surface area (Å²) in [6, 6.07) is 9.82.